The third-order valence-electron chi connectivity index (χ3n) is 1.69. The molecule has 1 heterocycles. The van der Waals surface area contributed by atoms with E-state index in [9.17, 15) is 4.79 Å². The highest BCUT2D eigenvalue weighted by atomic mass is 16.6. The molecule has 0 aliphatic carbocycles. The third kappa shape index (κ3) is 3.61. The standard InChI is InChI=1S/C10H16N2O3/c1-6(2)14-10(13)12-8(4)9-11-5-7(3)15-9/h5-6,8H,1-4H3,(H,12,13). The Morgan fingerprint density at radius 3 is 2.67 bits per heavy atom. The van der Waals surface area contributed by atoms with Crippen LogP contribution in [0.5, 0.6) is 0 Å². The van der Waals surface area contributed by atoms with Crippen molar-refractivity contribution in [3.05, 3.63) is 17.8 Å². The molecule has 0 saturated heterocycles. The number of nitrogens with zero attached hydrogens (tertiary/aromatic N) is 1. The number of rotatable bonds is 3. The molecule has 15 heavy (non-hydrogen) atoms. The lowest BCUT2D eigenvalue weighted by Gasteiger charge is -2.12. The second kappa shape index (κ2) is 4.82. The van der Waals surface area contributed by atoms with Gasteiger partial charge < -0.3 is 14.5 Å². The zero-order valence-electron chi connectivity index (χ0n) is 9.40. The first-order valence-electron chi connectivity index (χ1n) is 4.88. The molecule has 0 aliphatic heterocycles. The molecule has 0 bridgehead atoms. The molecule has 1 N–H and O–H groups in total. The van der Waals surface area contributed by atoms with E-state index in [4.69, 9.17) is 9.15 Å². The summed E-state index contributed by atoms with van der Waals surface area (Å²) in [6.07, 6.45) is 1.01. The SMILES string of the molecule is Cc1cnc(C(C)NC(=O)OC(C)C)o1. The number of aromatic nitrogens is 1. The van der Waals surface area contributed by atoms with Crippen LogP contribution in [0.25, 0.3) is 0 Å². The lowest BCUT2D eigenvalue weighted by Crippen LogP contribution is -2.29. The molecular weight excluding hydrogens is 196 g/mol. The fraction of sp³-hybridized carbons (Fsp3) is 0.600. The van der Waals surface area contributed by atoms with Gasteiger partial charge in [-0.3, -0.25) is 0 Å². The van der Waals surface area contributed by atoms with Crippen molar-refractivity contribution < 1.29 is 13.9 Å². The van der Waals surface area contributed by atoms with Crippen LogP contribution in [0, 0.1) is 6.92 Å². The van der Waals surface area contributed by atoms with Gasteiger partial charge in [-0.15, -0.1) is 0 Å². The van der Waals surface area contributed by atoms with Gasteiger partial charge in [-0.2, -0.15) is 0 Å². The third-order valence-corrected chi connectivity index (χ3v) is 1.69. The predicted molar refractivity (Wildman–Crippen MR) is 54.4 cm³/mol. The maximum atomic E-state index is 11.2. The van der Waals surface area contributed by atoms with Crippen molar-refractivity contribution in [3.8, 4) is 0 Å². The molecule has 1 unspecified atom stereocenters. The molecular formula is C10H16N2O3. The van der Waals surface area contributed by atoms with Crippen LogP contribution < -0.4 is 5.32 Å². The summed E-state index contributed by atoms with van der Waals surface area (Å²) >= 11 is 0. The fourth-order valence-electron chi connectivity index (χ4n) is 1.06. The Bertz CT molecular complexity index is 333. The van der Waals surface area contributed by atoms with Crippen molar-refractivity contribution in [2.45, 2.75) is 39.8 Å². The van der Waals surface area contributed by atoms with E-state index in [-0.39, 0.29) is 12.1 Å². The molecule has 5 heteroatoms. The molecule has 1 amide bonds. The summed E-state index contributed by atoms with van der Waals surface area (Å²) in [7, 11) is 0. The topological polar surface area (TPSA) is 64.4 Å². The molecule has 0 aromatic carbocycles. The number of ether oxygens (including phenoxy) is 1. The van der Waals surface area contributed by atoms with E-state index in [1.54, 1.807) is 33.9 Å². The Labute approximate surface area is 88.8 Å². The molecule has 84 valence electrons. The average Bonchev–Trinajstić information content (AvgIpc) is 2.49. The van der Waals surface area contributed by atoms with Gasteiger partial charge in [0.2, 0.25) is 5.89 Å². The predicted octanol–water partition coefficient (Wildman–Crippen LogP) is 2.18. The second-order valence-corrected chi connectivity index (χ2v) is 3.63. The van der Waals surface area contributed by atoms with Crippen molar-refractivity contribution in [3.63, 3.8) is 0 Å². The molecule has 0 spiro atoms. The molecule has 0 aliphatic rings. The summed E-state index contributed by atoms with van der Waals surface area (Å²) < 4.78 is 10.2. The number of alkyl carbamates (subject to hydrolysis) is 1. The van der Waals surface area contributed by atoms with Crippen LogP contribution >= 0.6 is 0 Å². The summed E-state index contributed by atoms with van der Waals surface area (Å²) in [6, 6.07) is -0.287. The number of oxazole rings is 1. The number of nitrogens with one attached hydrogen (secondary N) is 1. The number of carbonyl (C=O) groups is 1. The van der Waals surface area contributed by atoms with Crippen LogP contribution in [-0.2, 0) is 4.74 Å². The Hall–Kier alpha value is -1.52. The van der Waals surface area contributed by atoms with Gasteiger partial charge in [-0.25, -0.2) is 9.78 Å². The number of aryl methyl sites for hydroxylation is 1. The molecule has 1 aromatic rings. The van der Waals surface area contributed by atoms with Gasteiger partial charge in [-0.1, -0.05) is 0 Å². The van der Waals surface area contributed by atoms with Gasteiger partial charge in [0.15, 0.2) is 0 Å². The van der Waals surface area contributed by atoms with Gasteiger partial charge in [0.05, 0.1) is 12.3 Å². The summed E-state index contributed by atoms with van der Waals surface area (Å²) in [6.45, 7) is 7.17. The molecule has 1 atom stereocenters. The first-order valence-corrected chi connectivity index (χ1v) is 4.88. The van der Waals surface area contributed by atoms with Crippen LogP contribution in [0.2, 0.25) is 0 Å². The van der Waals surface area contributed by atoms with E-state index in [0.29, 0.717) is 5.89 Å². The largest absolute Gasteiger partial charge is 0.447 e. The van der Waals surface area contributed by atoms with Gasteiger partial charge >= 0.3 is 6.09 Å². The Morgan fingerprint density at radius 1 is 1.53 bits per heavy atom. The highest BCUT2D eigenvalue weighted by Crippen LogP contribution is 2.11. The zero-order chi connectivity index (χ0) is 11.4. The van der Waals surface area contributed by atoms with Gasteiger partial charge in [0.1, 0.15) is 11.8 Å². The monoisotopic (exact) mass is 212 g/mol. The minimum atomic E-state index is -0.464. The maximum Gasteiger partial charge on any atom is 0.408 e. The second-order valence-electron chi connectivity index (χ2n) is 3.63. The number of carbonyl (C=O) groups excluding carboxylic acids is 1. The number of hydrogen-bond acceptors (Lipinski definition) is 4. The molecule has 5 nitrogen and oxygen atoms in total. The van der Waals surface area contributed by atoms with Gasteiger partial charge in [-0.05, 0) is 27.7 Å². The zero-order valence-corrected chi connectivity index (χ0v) is 9.40. The minimum absolute atomic E-state index is 0.136. The van der Waals surface area contributed by atoms with Crippen LogP contribution in [-0.4, -0.2) is 17.2 Å². The lowest BCUT2D eigenvalue weighted by atomic mass is 10.3. The number of amides is 1. The van der Waals surface area contributed by atoms with E-state index in [0.717, 1.165) is 5.76 Å². The van der Waals surface area contributed by atoms with E-state index in [1.807, 2.05) is 0 Å². The first kappa shape index (κ1) is 11.6. The first-order chi connectivity index (χ1) is 6.99. The van der Waals surface area contributed by atoms with Crippen molar-refractivity contribution in [1.82, 2.24) is 10.3 Å². The van der Waals surface area contributed by atoms with Crippen LogP contribution in [0.4, 0.5) is 4.79 Å². The van der Waals surface area contributed by atoms with E-state index in [2.05, 4.69) is 10.3 Å². The average molecular weight is 212 g/mol. The smallest absolute Gasteiger partial charge is 0.408 e. The Morgan fingerprint density at radius 2 is 2.20 bits per heavy atom. The molecule has 0 saturated carbocycles. The van der Waals surface area contributed by atoms with Crippen molar-refractivity contribution in [1.29, 1.82) is 0 Å². The summed E-state index contributed by atoms with van der Waals surface area (Å²) in [5.74, 6) is 1.20. The molecule has 0 radical (unpaired) electrons. The minimum Gasteiger partial charge on any atom is -0.447 e. The van der Waals surface area contributed by atoms with Crippen LogP contribution in [0.15, 0.2) is 10.6 Å². The normalized spacial score (nSPS) is 12.6. The molecule has 1 rings (SSSR count). The molecule has 1 aromatic heterocycles. The maximum absolute atomic E-state index is 11.2. The Kier molecular flexibility index (Phi) is 3.71. The lowest BCUT2D eigenvalue weighted by molar-refractivity contribution is 0.111. The van der Waals surface area contributed by atoms with E-state index < -0.39 is 6.09 Å². The van der Waals surface area contributed by atoms with Crippen molar-refractivity contribution in [2.75, 3.05) is 0 Å². The van der Waals surface area contributed by atoms with Gasteiger partial charge in [0.25, 0.3) is 0 Å². The highest BCUT2D eigenvalue weighted by Gasteiger charge is 2.15. The van der Waals surface area contributed by atoms with Crippen LogP contribution in [0.3, 0.4) is 0 Å². The molecule has 0 fully saturated rings. The summed E-state index contributed by atoms with van der Waals surface area (Å²) in [5, 5.41) is 2.62. The Balaban J connectivity index is 2.48. The van der Waals surface area contributed by atoms with E-state index in [1.165, 1.54) is 0 Å². The summed E-state index contributed by atoms with van der Waals surface area (Å²) in [5.41, 5.74) is 0. The number of hydrogen-bond donors (Lipinski definition) is 1. The van der Waals surface area contributed by atoms with Crippen LogP contribution in [0.1, 0.15) is 38.5 Å². The van der Waals surface area contributed by atoms with Crippen molar-refractivity contribution >= 4 is 6.09 Å². The summed E-state index contributed by atoms with van der Waals surface area (Å²) in [4.78, 5) is 15.3. The van der Waals surface area contributed by atoms with E-state index >= 15 is 0 Å². The quantitative estimate of drug-likeness (QED) is 0.834. The van der Waals surface area contributed by atoms with Crippen molar-refractivity contribution in [2.24, 2.45) is 0 Å². The van der Waals surface area contributed by atoms with Gasteiger partial charge in [0, 0.05) is 0 Å². The fourth-order valence-corrected chi connectivity index (χ4v) is 1.06. The highest BCUT2D eigenvalue weighted by molar-refractivity contribution is 5.67.